The van der Waals surface area contributed by atoms with Crippen molar-refractivity contribution in [1.82, 2.24) is 0 Å². The molecule has 2 heterocycles. The summed E-state index contributed by atoms with van der Waals surface area (Å²) in [7, 11) is 0. The molecular formula is C94H60S2. The molecule has 2 heteroatoms. The second-order valence-electron chi connectivity index (χ2n) is 25.5. The number of fused-ring (bicyclic) bond motifs is 24. The quantitative estimate of drug-likeness (QED) is 0.152. The van der Waals surface area contributed by atoms with Crippen LogP contribution in [0.2, 0.25) is 0 Å². The first kappa shape index (κ1) is 56.3. The summed E-state index contributed by atoms with van der Waals surface area (Å²) in [5.41, 5.74) is 14.3. The van der Waals surface area contributed by atoms with E-state index in [-0.39, 0.29) is 0 Å². The molecule has 20 rings (SSSR count). The lowest BCUT2D eigenvalue weighted by molar-refractivity contribution is 0.724. The van der Waals surface area contributed by atoms with Crippen molar-refractivity contribution < 1.29 is 0 Å². The number of hydrogen-bond donors (Lipinski definition) is 0. The molecule has 0 atom stereocenters. The van der Waals surface area contributed by atoms with Crippen LogP contribution in [0.25, 0.3) is 108 Å². The topological polar surface area (TPSA) is 0 Å². The average Bonchev–Trinajstić information content (AvgIpc) is 0.686. The van der Waals surface area contributed by atoms with Crippen molar-refractivity contribution in [3.05, 3.63) is 408 Å². The van der Waals surface area contributed by atoms with Gasteiger partial charge in [-0.25, -0.2) is 0 Å². The first-order valence-electron chi connectivity index (χ1n) is 33.2. The summed E-state index contributed by atoms with van der Waals surface area (Å²) < 4.78 is 0. The predicted molar refractivity (Wildman–Crippen MR) is 409 cm³/mol. The molecule has 448 valence electrons. The molecule has 18 aromatic carbocycles. The molecular weight excluding hydrogens is 1190 g/mol. The van der Waals surface area contributed by atoms with Crippen LogP contribution < -0.4 is 0 Å². The Bertz CT molecular complexity index is 5720. The van der Waals surface area contributed by atoms with Gasteiger partial charge in [0.25, 0.3) is 0 Å². The van der Waals surface area contributed by atoms with Crippen molar-refractivity contribution >= 4 is 110 Å². The van der Waals surface area contributed by atoms with Crippen molar-refractivity contribution in [3.63, 3.8) is 0 Å². The van der Waals surface area contributed by atoms with Gasteiger partial charge in [-0.15, -0.1) is 0 Å². The van der Waals surface area contributed by atoms with Gasteiger partial charge in [-0.3, -0.25) is 0 Å². The molecule has 0 fully saturated rings. The Morgan fingerprint density at radius 1 is 0.135 bits per heavy atom. The minimum absolute atomic E-state index is 0.536. The van der Waals surface area contributed by atoms with E-state index in [9.17, 15) is 0 Å². The van der Waals surface area contributed by atoms with Crippen LogP contribution >= 0.6 is 23.5 Å². The maximum absolute atomic E-state index is 2.41. The highest BCUT2D eigenvalue weighted by molar-refractivity contribution is 8.00. The van der Waals surface area contributed by atoms with Gasteiger partial charge >= 0.3 is 0 Å². The molecule has 0 saturated carbocycles. The maximum atomic E-state index is 2.41. The lowest BCUT2D eigenvalue weighted by Gasteiger charge is -2.44. The predicted octanol–water partition coefficient (Wildman–Crippen LogP) is 25.6. The summed E-state index contributed by atoms with van der Waals surface area (Å²) in [6.07, 6.45) is 0. The lowest BCUT2D eigenvalue weighted by Crippen LogP contribution is -2.35. The van der Waals surface area contributed by atoms with Crippen LogP contribution in [0.1, 0.15) is 44.5 Å². The maximum Gasteiger partial charge on any atom is 0.0736 e. The zero-order chi connectivity index (χ0) is 63.3. The van der Waals surface area contributed by atoms with E-state index >= 15 is 0 Å². The van der Waals surface area contributed by atoms with Crippen LogP contribution in [0, 0.1) is 0 Å². The van der Waals surface area contributed by atoms with E-state index in [4.69, 9.17) is 0 Å². The van der Waals surface area contributed by atoms with Gasteiger partial charge in [0.1, 0.15) is 0 Å². The molecule has 0 bridgehead atoms. The van der Waals surface area contributed by atoms with Gasteiger partial charge < -0.3 is 0 Å². The highest BCUT2D eigenvalue weighted by atomic mass is 32.2. The van der Waals surface area contributed by atoms with E-state index in [0.29, 0.717) is 0 Å². The molecule has 0 nitrogen and oxygen atoms in total. The molecule has 96 heavy (non-hydrogen) atoms. The van der Waals surface area contributed by atoms with Gasteiger partial charge in [-0.2, -0.15) is 0 Å². The molecule has 0 unspecified atom stereocenters. The van der Waals surface area contributed by atoms with Gasteiger partial charge in [0.05, 0.1) is 10.8 Å². The van der Waals surface area contributed by atoms with Crippen LogP contribution in [-0.4, -0.2) is 0 Å². The number of rotatable bonds is 6. The Labute approximate surface area is 566 Å². The van der Waals surface area contributed by atoms with Gasteiger partial charge in [0, 0.05) is 19.6 Å². The number of hydrogen-bond acceptors (Lipinski definition) is 2. The fourth-order valence-corrected chi connectivity index (χ4v) is 19.8. The van der Waals surface area contributed by atoms with Gasteiger partial charge in [-0.1, -0.05) is 388 Å². The molecule has 0 amide bonds. The molecule has 0 spiro atoms. The average molecular weight is 1250 g/mol. The minimum Gasteiger partial charge on any atom is -0.0880 e. The van der Waals surface area contributed by atoms with Crippen LogP contribution in [-0.2, 0) is 10.8 Å². The zero-order valence-corrected chi connectivity index (χ0v) is 54.1. The second-order valence-corrected chi connectivity index (χ2v) is 27.5. The lowest BCUT2D eigenvalue weighted by atomic mass is 9.62. The van der Waals surface area contributed by atoms with Crippen molar-refractivity contribution in [2.75, 3.05) is 0 Å². The highest BCUT2D eigenvalue weighted by Crippen LogP contribution is 2.65. The standard InChI is InChI=1S/C53H34S.C41H26S/c1-3-15-35(16-4-1)37-27-31-39(32-28-37)53(40-33-29-38(30-34-40)36-17-5-2-6-18-36)49-45-23-11-7-19-41(45)43-21-9-13-25-47(43)51(49)54-52-48-26-14-10-22-44(48)42-20-8-12-24-46(42)50(52)53;1-3-15-27(16-4-1)41(28-17-5-2-6-18-28)37-33-23-11-7-19-29(33)31-21-9-13-25-35(31)39(37)42-40-36-26-14-10-22-32(36)30-20-8-12-24-34(30)38(40)41/h1-34H;1-26H. The molecule has 0 saturated heterocycles. The highest BCUT2D eigenvalue weighted by Gasteiger charge is 2.50. The summed E-state index contributed by atoms with van der Waals surface area (Å²) in [4.78, 5) is 5.36. The van der Waals surface area contributed by atoms with E-state index < -0.39 is 10.8 Å². The first-order valence-corrected chi connectivity index (χ1v) is 34.9. The fraction of sp³-hybridized carbons (Fsp3) is 0.0213. The Hall–Kier alpha value is -11.3. The summed E-state index contributed by atoms with van der Waals surface area (Å²) in [5, 5.41) is 20.8. The molecule has 0 aromatic heterocycles. The van der Waals surface area contributed by atoms with Crippen LogP contribution in [0.15, 0.2) is 384 Å². The third-order valence-electron chi connectivity index (χ3n) is 20.7. The van der Waals surface area contributed by atoms with Gasteiger partial charge in [-0.05, 0) is 153 Å². The van der Waals surface area contributed by atoms with E-state index in [1.54, 1.807) is 0 Å². The zero-order valence-electron chi connectivity index (χ0n) is 52.5. The normalized spacial score (nSPS) is 13.5. The van der Waals surface area contributed by atoms with Crippen molar-refractivity contribution in [3.8, 4) is 22.3 Å². The van der Waals surface area contributed by atoms with E-state index in [0.717, 1.165) is 0 Å². The van der Waals surface area contributed by atoms with Crippen LogP contribution in [0.4, 0.5) is 0 Å². The Morgan fingerprint density at radius 3 is 0.542 bits per heavy atom. The Kier molecular flexibility index (Phi) is 13.3. The smallest absolute Gasteiger partial charge is 0.0736 e. The van der Waals surface area contributed by atoms with Gasteiger partial charge in [0.15, 0.2) is 0 Å². The van der Waals surface area contributed by atoms with Crippen molar-refractivity contribution in [2.45, 2.75) is 30.4 Å². The van der Waals surface area contributed by atoms with E-state index in [2.05, 4.69) is 364 Å². The van der Waals surface area contributed by atoms with Crippen LogP contribution in [0.5, 0.6) is 0 Å². The molecule has 18 aromatic rings. The van der Waals surface area contributed by atoms with Gasteiger partial charge in [0.2, 0.25) is 0 Å². The fourth-order valence-electron chi connectivity index (χ4n) is 16.8. The summed E-state index contributed by atoms with van der Waals surface area (Å²) in [5.74, 6) is 0. The minimum atomic E-state index is -0.659. The molecule has 2 aliphatic heterocycles. The van der Waals surface area contributed by atoms with Crippen LogP contribution in [0.3, 0.4) is 0 Å². The van der Waals surface area contributed by atoms with E-state index in [1.807, 2.05) is 23.5 Å². The second kappa shape index (κ2) is 22.8. The molecule has 2 aliphatic rings. The molecule has 0 N–H and O–H groups in total. The third kappa shape index (κ3) is 8.39. The summed E-state index contributed by atoms with van der Waals surface area (Å²) in [6, 6.07) is 135. The Morgan fingerprint density at radius 2 is 0.302 bits per heavy atom. The van der Waals surface area contributed by atoms with E-state index in [1.165, 1.54) is 173 Å². The molecule has 0 radical (unpaired) electrons. The Balaban J connectivity index is 0.000000140. The monoisotopic (exact) mass is 1250 g/mol. The van der Waals surface area contributed by atoms with Crippen molar-refractivity contribution in [1.29, 1.82) is 0 Å². The largest absolute Gasteiger partial charge is 0.0880 e. The first-order chi connectivity index (χ1) is 47.7. The molecule has 0 aliphatic carbocycles. The van der Waals surface area contributed by atoms with Crippen molar-refractivity contribution in [2.24, 2.45) is 0 Å². The number of benzene rings is 18. The summed E-state index contributed by atoms with van der Waals surface area (Å²) >= 11 is 3.93. The third-order valence-corrected chi connectivity index (χ3v) is 23.2. The SMILES string of the molecule is c1ccc(-c2ccc(C3(c4ccc(-c5ccccc5)cc4)c4c(c5ccccc5c5ccccc45)Sc4c3c3ccccc3c3ccccc43)cc2)cc1.c1ccc(C2(c3ccccc3)c3c(c4ccccc4c4ccccc34)Sc3c2c2ccccc2c2ccccc32)cc1. The summed E-state index contributed by atoms with van der Waals surface area (Å²) in [6.45, 7) is 0.